The van der Waals surface area contributed by atoms with Gasteiger partial charge in [0.1, 0.15) is 0 Å². The van der Waals surface area contributed by atoms with Crippen LogP contribution in [0.3, 0.4) is 0 Å². The Balaban J connectivity index is 1.89. The minimum absolute atomic E-state index is 0.0169. The number of carbonyl (C=O) groups is 2. The maximum absolute atomic E-state index is 13.1. The van der Waals surface area contributed by atoms with Crippen LogP contribution in [0.5, 0.6) is 17.2 Å². The number of nitrogens with zero attached hydrogens (tertiary/aromatic N) is 1. The van der Waals surface area contributed by atoms with E-state index in [1.54, 1.807) is 26.2 Å². The van der Waals surface area contributed by atoms with Crippen molar-refractivity contribution >= 4 is 11.9 Å². The lowest BCUT2D eigenvalue weighted by molar-refractivity contribution is -0.125. The van der Waals surface area contributed by atoms with Gasteiger partial charge >= 0.3 is 6.03 Å². The number of rotatable bonds is 7. The SMILES string of the molecule is COc1cc([C@@H]2CN(C(=O)NC(C)(C)C)C[C@@H]2C(=O)NCC2CC2)cc(OC)c1OC. The van der Waals surface area contributed by atoms with Gasteiger partial charge in [-0.15, -0.1) is 0 Å². The third-order valence-electron chi connectivity index (χ3n) is 5.80. The predicted octanol–water partition coefficient (Wildman–Crippen LogP) is 2.76. The van der Waals surface area contributed by atoms with E-state index < -0.39 is 0 Å². The van der Waals surface area contributed by atoms with Crippen LogP contribution in [0, 0.1) is 11.8 Å². The molecule has 2 fully saturated rings. The molecule has 0 radical (unpaired) electrons. The zero-order valence-electron chi connectivity index (χ0n) is 19.4. The number of ether oxygens (including phenoxy) is 3. The number of hydrogen-bond donors (Lipinski definition) is 2. The number of hydrogen-bond acceptors (Lipinski definition) is 5. The van der Waals surface area contributed by atoms with Gasteiger partial charge < -0.3 is 29.7 Å². The van der Waals surface area contributed by atoms with E-state index in [0.717, 1.165) is 5.56 Å². The molecule has 172 valence electrons. The Labute approximate surface area is 184 Å². The van der Waals surface area contributed by atoms with Crippen LogP contribution in [0.25, 0.3) is 0 Å². The summed E-state index contributed by atoms with van der Waals surface area (Å²) in [6.45, 7) is 7.32. The predicted molar refractivity (Wildman–Crippen MR) is 118 cm³/mol. The summed E-state index contributed by atoms with van der Waals surface area (Å²) in [7, 11) is 4.69. The topological polar surface area (TPSA) is 89.1 Å². The summed E-state index contributed by atoms with van der Waals surface area (Å²) in [6.07, 6.45) is 2.34. The zero-order valence-corrected chi connectivity index (χ0v) is 19.4. The lowest BCUT2D eigenvalue weighted by Gasteiger charge is -2.25. The van der Waals surface area contributed by atoms with Crippen molar-refractivity contribution in [1.82, 2.24) is 15.5 Å². The number of urea groups is 1. The quantitative estimate of drug-likeness (QED) is 0.690. The van der Waals surface area contributed by atoms with Gasteiger partial charge in [0.25, 0.3) is 0 Å². The summed E-state index contributed by atoms with van der Waals surface area (Å²) in [6, 6.07) is 3.58. The highest BCUT2D eigenvalue weighted by Crippen LogP contribution is 2.43. The molecule has 0 bridgehead atoms. The summed E-state index contributed by atoms with van der Waals surface area (Å²) in [4.78, 5) is 27.7. The maximum atomic E-state index is 13.1. The minimum Gasteiger partial charge on any atom is -0.493 e. The Hall–Kier alpha value is -2.64. The van der Waals surface area contributed by atoms with Crippen molar-refractivity contribution in [3.8, 4) is 17.2 Å². The van der Waals surface area contributed by atoms with Gasteiger partial charge in [0.2, 0.25) is 11.7 Å². The molecule has 8 nitrogen and oxygen atoms in total. The van der Waals surface area contributed by atoms with Crippen LogP contribution >= 0.6 is 0 Å². The third kappa shape index (κ3) is 5.54. The highest BCUT2D eigenvalue weighted by molar-refractivity contribution is 5.83. The van der Waals surface area contributed by atoms with E-state index in [4.69, 9.17) is 14.2 Å². The van der Waals surface area contributed by atoms with Gasteiger partial charge in [-0.3, -0.25) is 4.79 Å². The first-order chi connectivity index (χ1) is 14.7. The Kier molecular flexibility index (Phi) is 6.86. The van der Waals surface area contributed by atoms with Crippen molar-refractivity contribution in [2.45, 2.75) is 45.1 Å². The van der Waals surface area contributed by atoms with Gasteiger partial charge in [-0.1, -0.05) is 0 Å². The fraction of sp³-hybridized carbons (Fsp3) is 0.652. The Morgan fingerprint density at radius 2 is 1.65 bits per heavy atom. The van der Waals surface area contributed by atoms with Crippen molar-refractivity contribution in [2.75, 3.05) is 41.0 Å². The van der Waals surface area contributed by atoms with Crippen molar-refractivity contribution in [2.24, 2.45) is 11.8 Å². The van der Waals surface area contributed by atoms with Gasteiger partial charge in [0.15, 0.2) is 11.5 Å². The molecule has 0 spiro atoms. The van der Waals surface area contributed by atoms with Crippen molar-refractivity contribution in [3.63, 3.8) is 0 Å². The highest BCUT2D eigenvalue weighted by Gasteiger charge is 2.42. The molecule has 3 amide bonds. The lowest BCUT2D eigenvalue weighted by atomic mass is 9.88. The molecular weight excluding hydrogens is 398 g/mol. The van der Waals surface area contributed by atoms with Gasteiger partial charge in [-0.25, -0.2) is 4.79 Å². The van der Waals surface area contributed by atoms with Crippen molar-refractivity contribution in [1.29, 1.82) is 0 Å². The van der Waals surface area contributed by atoms with E-state index in [1.165, 1.54) is 12.8 Å². The second-order valence-electron chi connectivity index (χ2n) is 9.45. The Morgan fingerprint density at radius 3 is 2.13 bits per heavy atom. The fourth-order valence-corrected chi connectivity index (χ4v) is 3.99. The van der Waals surface area contributed by atoms with E-state index in [9.17, 15) is 9.59 Å². The minimum atomic E-state index is -0.356. The standard InChI is InChI=1S/C23H35N3O5/c1-23(2,3)25-22(28)26-12-16(17(13-26)21(27)24-11-14-7-8-14)15-9-18(29-4)20(31-6)19(10-15)30-5/h9-10,14,16-17H,7-8,11-13H2,1-6H3,(H,24,27)(H,25,28)/t16-,17-/m0/s1. The maximum Gasteiger partial charge on any atom is 0.317 e. The van der Waals surface area contributed by atoms with Crippen molar-refractivity contribution < 1.29 is 23.8 Å². The molecule has 3 rings (SSSR count). The summed E-state index contributed by atoms with van der Waals surface area (Å²) < 4.78 is 16.4. The summed E-state index contributed by atoms with van der Waals surface area (Å²) in [5.41, 5.74) is 0.526. The third-order valence-corrected chi connectivity index (χ3v) is 5.80. The first-order valence-electron chi connectivity index (χ1n) is 10.8. The average molecular weight is 434 g/mol. The van der Waals surface area contributed by atoms with E-state index in [1.807, 2.05) is 32.9 Å². The van der Waals surface area contributed by atoms with Crippen LogP contribution < -0.4 is 24.8 Å². The molecule has 1 aromatic carbocycles. The molecule has 8 heteroatoms. The molecule has 1 saturated heterocycles. The van der Waals surface area contributed by atoms with Crippen LogP contribution in [-0.4, -0.2) is 63.3 Å². The van der Waals surface area contributed by atoms with Crippen LogP contribution in [0.1, 0.15) is 45.1 Å². The second kappa shape index (κ2) is 9.24. The average Bonchev–Trinajstić information content (AvgIpc) is 3.44. The molecule has 1 aliphatic heterocycles. The Bertz CT molecular complexity index is 791. The largest absolute Gasteiger partial charge is 0.493 e. The Morgan fingerprint density at radius 1 is 1.03 bits per heavy atom. The highest BCUT2D eigenvalue weighted by atomic mass is 16.5. The van der Waals surface area contributed by atoms with Crippen LogP contribution in [0.2, 0.25) is 0 Å². The molecule has 31 heavy (non-hydrogen) atoms. The molecule has 2 aliphatic rings. The number of nitrogens with one attached hydrogen (secondary N) is 2. The molecule has 1 heterocycles. The van der Waals surface area contributed by atoms with Crippen LogP contribution in [0.15, 0.2) is 12.1 Å². The number of likely N-dealkylation sites (tertiary alicyclic amines) is 1. The summed E-state index contributed by atoms with van der Waals surface area (Å²) in [5.74, 6) is 1.61. The number of carbonyl (C=O) groups excluding carboxylic acids is 2. The molecular formula is C23H35N3O5. The van der Waals surface area contributed by atoms with E-state index >= 15 is 0 Å². The molecule has 0 unspecified atom stereocenters. The monoisotopic (exact) mass is 433 g/mol. The number of benzene rings is 1. The van der Waals surface area contributed by atoms with Crippen molar-refractivity contribution in [3.05, 3.63) is 17.7 Å². The lowest BCUT2D eigenvalue weighted by Crippen LogP contribution is -2.48. The van der Waals surface area contributed by atoms with Crippen LogP contribution in [-0.2, 0) is 4.79 Å². The normalized spacial score (nSPS) is 20.9. The van der Waals surface area contributed by atoms with Gasteiger partial charge in [0, 0.05) is 31.1 Å². The molecule has 2 atom stereocenters. The summed E-state index contributed by atoms with van der Waals surface area (Å²) in [5, 5.41) is 6.09. The first-order valence-corrected chi connectivity index (χ1v) is 10.8. The summed E-state index contributed by atoms with van der Waals surface area (Å²) >= 11 is 0. The smallest absolute Gasteiger partial charge is 0.317 e. The first kappa shape index (κ1) is 23.0. The van der Waals surface area contributed by atoms with Gasteiger partial charge in [-0.05, 0) is 57.2 Å². The second-order valence-corrected chi connectivity index (χ2v) is 9.45. The van der Waals surface area contributed by atoms with Gasteiger partial charge in [-0.2, -0.15) is 0 Å². The number of amides is 3. The molecule has 2 N–H and O–H groups in total. The number of methoxy groups -OCH3 is 3. The van der Waals surface area contributed by atoms with E-state index in [0.29, 0.717) is 42.8 Å². The molecule has 1 aliphatic carbocycles. The fourth-order valence-electron chi connectivity index (χ4n) is 3.99. The van der Waals surface area contributed by atoms with Gasteiger partial charge in [0.05, 0.1) is 27.2 Å². The molecule has 0 aromatic heterocycles. The van der Waals surface area contributed by atoms with E-state index in [2.05, 4.69) is 10.6 Å². The zero-order chi connectivity index (χ0) is 22.8. The molecule has 1 aromatic rings. The van der Waals surface area contributed by atoms with Crippen LogP contribution in [0.4, 0.5) is 4.79 Å². The molecule has 1 saturated carbocycles. The van der Waals surface area contributed by atoms with E-state index in [-0.39, 0.29) is 29.3 Å².